The quantitative estimate of drug-likeness (QED) is 0.909. The van der Waals surface area contributed by atoms with Crippen LogP contribution in [0.3, 0.4) is 0 Å². The van der Waals surface area contributed by atoms with Crippen LogP contribution in [0.15, 0.2) is 23.1 Å². The van der Waals surface area contributed by atoms with Crippen LogP contribution in [-0.2, 0) is 22.9 Å². The summed E-state index contributed by atoms with van der Waals surface area (Å²) >= 11 is 0. The van der Waals surface area contributed by atoms with Crippen LogP contribution < -0.4 is 5.73 Å². The highest BCUT2D eigenvalue weighted by atomic mass is 32.2. The van der Waals surface area contributed by atoms with E-state index in [1.165, 1.54) is 17.5 Å². The van der Waals surface area contributed by atoms with Gasteiger partial charge in [-0.15, -0.1) is 0 Å². The van der Waals surface area contributed by atoms with Gasteiger partial charge in [0.1, 0.15) is 0 Å². The van der Waals surface area contributed by atoms with E-state index in [1.54, 1.807) is 10.4 Å². The average Bonchev–Trinajstić information content (AvgIpc) is 2.49. The Morgan fingerprint density at radius 1 is 1.18 bits per heavy atom. The smallest absolute Gasteiger partial charge is 0.243 e. The molecule has 1 heterocycles. The zero-order valence-electron chi connectivity index (χ0n) is 13.5. The van der Waals surface area contributed by atoms with Crippen molar-refractivity contribution in [2.75, 3.05) is 13.1 Å². The molecule has 1 aromatic carbocycles. The first-order valence-electron chi connectivity index (χ1n) is 8.18. The third-order valence-electron chi connectivity index (χ3n) is 5.23. The Morgan fingerprint density at radius 2 is 1.86 bits per heavy atom. The third kappa shape index (κ3) is 2.82. The minimum Gasteiger partial charge on any atom is -0.327 e. The molecule has 0 radical (unpaired) electrons. The van der Waals surface area contributed by atoms with Crippen LogP contribution in [0.2, 0.25) is 0 Å². The lowest BCUT2D eigenvalue weighted by molar-refractivity contribution is 0.155. The van der Waals surface area contributed by atoms with Crippen molar-refractivity contribution < 1.29 is 8.42 Å². The number of hydrogen-bond acceptors (Lipinski definition) is 3. The van der Waals surface area contributed by atoms with Crippen LogP contribution in [0.1, 0.15) is 44.2 Å². The van der Waals surface area contributed by atoms with Gasteiger partial charge in [0, 0.05) is 19.1 Å². The van der Waals surface area contributed by atoms with E-state index in [0.717, 1.165) is 25.7 Å². The highest BCUT2D eigenvalue weighted by Crippen LogP contribution is 2.32. The first-order chi connectivity index (χ1) is 10.3. The topological polar surface area (TPSA) is 63.4 Å². The largest absolute Gasteiger partial charge is 0.327 e. The van der Waals surface area contributed by atoms with Crippen molar-refractivity contribution >= 4 is 10.0 Å². The lowest BCUT2D eigenvalue weighted by atomic mass is 9.81. The number of nitrogens with two attached hydrogens (primary N) is 1. The number of nitrogens with zero attached hydrogens (tertiary/aromatic N) is 1. The van der Waals surface area contributed by atoms with Gasteiger partial charge in [-0.3, -0.25) is 0 Å². The molecule has 0 bridgehead atoms. The Bertz CT molecular complexity index is 667. The van der Waals surface area contributed by atoms with E-state index in [9.17, 15) is 8.42 Å². The molecule has 0 spiro atoms. The summed E-state index contributed by atoms with van der Waals surface area (Å²) in [5.41, 5.74) is 8.47. The van der Waals surface area contributed by atoms with Crippen molar-refractivity contribution in [3.05, 3.63) is 29.3 Å². The van der Waals surface area contributed by atoms with Crippen LogP contribution in [0.25, 0.3) is 0 Å². The molecule has 1 aliphatic carbocycles. The summed E-state index contributed by atoms with van der Waals surface area (Å²) in [4.78, 5) is 0.444. The molecular weight excluding hydrogens is 296 g/mol. The summed E-state index contributed by atoms with van der Waals surface area (Å²) in [6, 6.07) is 5.73. The van der Waals surface area contributed by atoms with Gasteiger partial charge in [0.15, 0.2) is 0 Å². The molecule has 0 amide bonds. The molecule has 1 saturated heterocycles. The molecule has 1 atom stereocenters. The van der Waals surface area contributed by atoms with Gasteiger partial charge < -0.3 is 5.73 Å². The molecule has 1 aromatic rings. The molecule has 22 heavy (non-hydrogen) atoms. The van der Waals surface area contributed by atoms with Crippen molar-refractivity contribution in [2.24, 2.45) is 11.1 Å². The molecule has 2 N–H and O–H groups in total. The van der Waals surface area contributed by atoms with E-state index >= 15 is 0 Å². The minimum atomic E-state index is -3.41. The maximum atomic E-state index is 13.0. The summed E-state index contributed by atoms with van der Waals surface area (Å²) < 4.78 is 27.5. The van der Waals surface area contributed by atoms with E-state index in [-0.39, 0.29) is 11.5 Å². The predicted molar refractivity (Wildman–Crippen MR) is 88.2 cm³/mol. The Labute approximate surface area is 133 Å². The number of hydrogen-bond donors (Lipinski definition) is 1. The zero-order valence-corrected chi connectivity index (χ0v) is 14.3. The maximum absolute atomic E-state index is 13.0. The maximum Gasteiger partial charge on any atom is 0.243 e. The lowest BCUT2D eigenvalue weighted by Gasteiger charge is -2.41. The predicted octanol–water partition coefficient (Wildman–Crippen LogP) is 2.31. The fourth-order valence-corrected chi connectivity index (χ4v) is 5.23. The Hall–Kier alpha value is -0.910. The number of aryl methyl sites for hydroxylation is 2. The number of sulfonamides is 1. The van der Waals surface area contributed by atoms with Gasteiger partial charge in [-0.05, 0) is 60.8 Å². The second-order valence-corrected chi connectivity index (χ2v) is 9.30. The normalized spacial score (nSPS) is 25.7. The van der Waals surface area contributed by atoms with Gasteiger partial charge in [0.25, 0.3) is 0 Å². The molecule has 1 fully saturated rings. The van der Waals surface area contributed by atoms with Gasteiger partial charge in [-0.25, -0.2) is 8.42 Å². The fraction of sp³-hybridized carbons (Fsp3) is 0.647. The first-order valence-corrected chi connectivity index (χ1v) is 9.62. The van der Waals surface area contributed by atoms with E-state index < -0.39 is 10.0 Å². The van der Waals surface area contributed by atoms with Crippen LogP contribution in [0.4, 0.5) is 0 Å². The average molecular weight is 322 g/mol. The molecule has 5 heteroatoms. The summed E-state index contributed by atoms with van der Waals surface area (Å²) in [6.45, 7) is 5.11. The summed E-state index contributed by atoms with van der Waals surface area (Å²) in [5.74, 6) is 0. The molecule has 3 rings (SSSR count). The molecule has 1 aliphatic heterocycles. The molecule has 2 aliphatic rings. The van der Waals surface area contributed by atoms with Crippen molar-refractivity contribution in [3.63, 3.8) is 0 Å². The molecule has 0 aromatic heterocycles. The number of fused-ring (bicyclic) bond motifs is 1. The van der Waals surface area contributed by atoms with Crippen LogP contribution >= 0.6 is 0 Å². The number of benzene rings is 1. The van der Waals surface area contributed by atoms with Crippen molar-refractivity contribution in [1.82, 2.24) is 4.31 Å². The SMILES string of the molecule is CC1(C)CN(S(=O)(=O)c2ccc3c(c2)CCCC3)CCC1N. The second kappa shape index (κ2) is 5.62. The molecule has 1 unspecified atom stereocenters. The van der Waals surface area contributed by atoms with Crippen LogP contribution in [0.5, 0.6) is 0 Å². The van der Waals surface area contributed by atoms with E-state index in [4.69, 9.17) is 5.73 Å². The van der Waals surface area contributed by atoms with E-state index in [0.29, 0.717) is 18.0 Å². The summed E-state index contributed by atoms with van der Waals surface area (Å²) in [6.07, 6.45) is 5.15. The Balaban J connectivity index is 1.90. The van der Waals surface area contributed by atoms with E-state index in [2.05, 4.69) is 0 Å². The van der Waals surface area contributed by atoms with Gasteiger partial charge in [0.05, 0.1) is 4.90 Å². The van der Waals surface area contributed by atoms with Crippen LogP contribution in [0, 0.1) is 5.41 Å². The molecule has 4 nitrogen and oxygen atoms in total. The molecule has 122 valence electrons. The standard InChI is InChI=1S/C17H26N2O2S/c1-17(2)12-19(10-9-16(17)18)22(20,21)15-8-7-13-5-3-4-6-14(13)11-15/h7-8,11,16H,3-6,9-10,12,18H2,1-2H3. The lowest BCUT2D eigenvalue weighted by Crippen LogP contribution is -2.53. The Kier molecular flexibility index (Phi) is 4.08. The minimum absolute atomic E-state index is 0.0579. The highest BCUT2D eigenvalue weighted by Gasteiger charge is 2.38. The molecular formula is C17H26N2O2S. The van der Waals surface area contributed by atoms with Gasteiger partial charge >= 0.3 is 0 Å². The summed E-state index contributed by atoms with van der Waals surface area (Å²) in [7, 11) is -3.41. The highest BCUT2D eigenvalue weighted by molar-refractivity contribution is 7.89. The van der Waals surface area contributed by atoms with Crippen molar-refractivity contribution in [3.8, 4) is 0 Å². The first kappa shape index (κ1) is 16.0. The van der Waals surface area contributed by atoms with Crippen LogP contribution in [-0.4, -0.2) is 31.9 Å². The van der Waals surface area contributed by atoms with Crippen molar-refractivity contribution in [2.45, 2.75) is 56.9 Å². The number of rotatable bonds is 2. The zero-order chi connectivity index (χ0) is 16.0. The Morgan fingerprint density at radius 3 is 2.55 bits per heavy atom. The monoisotopic (exact) mass is 322 g/mol. The summed E-state index contributed by atoms with van der Waals surface area (Å²) in [5, 5.41) is 0. The third-order valence-corrected chi connectivity index (χ3v) is 7.08. The molecule has 0 saturated carbocycles. The van der Waals surface area contributed by atoms with Gasteiger partial charge in [0.2, 0.25) is 10.0 Å². The number of piperidine rings is 1. The second-order valence-electron chi connectivity index (χ2n) is 7.36. The fourth-order valence-electron chi connectivity index (χ4n) is 3.55. The van der Waals surface area contributed by atoms with Gasteiger partial charge in [-0.2, -0.15) is 4.31 Å². The van der Waals surface area contributed by atoms with Crippen molar-refractivity contribution in [1.29, 1.82) is 0 Å². The van der Waals surface area contributed by atoms with Gasteiger partial charge in [-0.1, -0.05) is 19.9 Å². The van der Waals surface area contributed by atoms with E-state index in [1.807, 2.05) is 26.0 Å².